The lowest BCUT2D eigenvalue weighted by molar-refractivity contribution is -0.134. The number of aromatic amines is 1. The minimum atomic E-state index is 0.0604. The molecule has 4 aliphatic rings. The van der Waals surface area contributed by atoms with Crippen molar-refractivity contribution in [3.8, 4) is 11.5 Å². The predicted molar refractivity (Wildman–Crippen MR) is 336 cm³/mol. The molecule has 13 nitrogen and oxygen atoms in total. The number of ether oxygens (including phenoxy) is 2. The number of hydrogen-bond acceptors (Lipinski definition) is 9. The second-order valence-electron chi connectivity index (χ2n) is 22.3. The van der Waals surface area contributed by atoms with Crippen molar-refractivity contribution in [1.82, 2.24) is 39.8 Å². The van der Waals surface area contributed by atoms with Gasteiger partial charge in [0.25, 0.3) is 5.91 Å². The molecule has 0 spiro atoms. The van der Waals surface area contributed by atoms with Gasteiger partial charge in [-0.15, -0.1) is 0 Å². The molecule has 8 aromatic carbocycles. The molecule has 0 bridgehead atoms. The second kappa shape index (κ2) is 28.1. The average Bonchev–Trinajstić information content (AvgIpc) is 4.21. The topological polar surface area (TPSA) is 127 Å². The number of hydrogen-bond donors (Lipinski definition) is 2. The van der Waals surface area contributed by atoms with Gasteiger partial charge in [0.2, 0.25) is 11.8 Å². The van der Waals surface area contributed by atoms with Gasteiger partial charge in [0.05, 0.1) is 50.7 Å². The number of carbonyl (C=O) groups is 3. The molecule has 85 heavy (non-hydrogen) atoms. The van der Waals surface area contributed by atoms with Crippen molar-refractivity contribution >= 4 is 28.8 Å². The van der Waals surface area contributed by atoms with Gasteiger partial charge in [-0.2, -0.15) is 0 Å². The summed E-state index contributed by atoms with van der Waals surface area (Å²) in [5.41, 5.74) is 15.2. The van der Waals surface area contributed by atoms with E-state index in [1.807, 2.05) is 88.7 Å². The van der Waals surface area contributed by atoms with Crippen LogP contribution in [-0.4, -0.2) is 132 Å². The van der Waals surface area contributed by atoms with Crippen LogP contribution in [0.4, 0.5) is 0 Å². The van der Waals surface area contributed by atoms with E-state index < -0.39 is 0 Å². The number of piperazine rings is 1. The first-order chi connectivity index (χ1) is 41.8. The number of carbonyl (C=O) groups excluding carboxylic acids is 3. The quantitative estimate of drug-likeness (QED) is 0.109. The van der Waals surface area contributed by atoms with E-state index in [2.05, 4.69) is 151 Å². The number of nitrogens with one attached hydrogen (secondary N) is 2. The van der Waals surface area contributed by atoms with Gasteiger partial charge in [0.15, 0.2) is 0 Å². The van der Waals surface area contributed by atoms with Crippen LogP contribution in [-0.2, 0) is 48.5 Å². The minimum absolute atomic E-state index is 0.0604. The third-order valence-corrected chi connectivity index (χ3v) is 17.0. The van der Waals surface area contributed by atoms with E-state index in [1.165, 1.54) is 55.6 Å². The molecule has 0 unspecified atom stereocenters. The lowest BCUT2D eigenvalue weighted by atomic mass is 9.91. The summed E-state index contributed by atoms with van der Waals surface area (Å²) in [6.45, 7) is 9.51. The summed E-state index contributed by atoms with van der Waals surface area (Å²) < 4.78 is 11.1. The Morgan fingerprint density at radius 1 is 0.506 bits per heavy atom. The normalized spacial score (nSPS) is 15.1. The van der Waals surface area contributed by atoms with Crippen LogP contribution in [0, 0.1) is 0 Å². The highest BCUT2D eigenvalue weighted by molar-refractivity contribution is 5.97. The van der Waals surface area contributed by atoms with Gasteiger partial charge in [-0.05, 0) is 94.1 Å². The number of imidazole rings is 1. The number of rotatable bonds is 14. The largest absolute Gasteiger partial charge is 0.496 e. The molecule has 1 saturated heterocycles. The summed E-state index contributed by atoms with van der Waals surface area (Å²) in [5.74, 6) is 2.35. The molecule has 0 saturated carbocycles. The summed E-state index contributed by atoms with van der Waals surface area (Å²) in [7, 11) is 3.42. The van der Waals surface area contributed by atoms with Gasteiger partial charge < -0.3 is 29.6 Å². The summed E-state index contributed by atoms with van der Waals surface area (Å²) in [6, 6.07) is 68.7. The molecule has 0 aliphatic carbocycles. The summed E-state index contributed by atoms with van der Waals surface area (Å²) in [6.07, 6.45) is 4.48. The molecule has 13 heteroatoms. The second-order valence-corrected chi connectivity index (χ2v) is 22.3. The first kappa shape index (κ1) is 57.9. The summed E-state index contributed by atoms with van der Waals surface area (Å²) in [4.78, 5) is 56.8. The fraction of sp³-hybridized carbons (Fsp3) is 0.278. The van der Waals surface area contributed by atoms with E-state index in [-0.39, 0.29) is 29.7 Å². The standard InChI is InChI=1S/C29H33N3O2.C26H28N2O2.C17H15N3O/c1-34-27-14-8-13-23-15-16-30(21-26(23)27)22-28(33)31-17-19-32(20-18-31)29(24-9-4-2-5-10-24)25-11-6-3-7-12-25;1-30-25-14-8-13-22-15-16-28(18-24(22)25)19-26(29)27-17-23(20-9-4-2-5-10-20)21-11-6-3-7-12-21;21-17(13-5-6-15-16(9-13)19-11-18-15)20-8-7-12-3-1-2-4-14(12)10-20/h2-14,29H,15-22H2,1H3;2-14,23H,15-19H2,1H3,(H,27,29);1-6,9,11H,7-8,10H2,(H,18,19). The first-order valence-corrected chi connectivity index (χ1v) is 29.8. The highest BCUT2D eigenvalue weighted by Gasteiger charge is 2.30. The SMILES string of the molecule is COc1cccc2c1CN(CC(=O)N1CCN(C(c3ccccc3)c3ccccc3)CC1)CC2.COc1cccc2c1CN(CC(=O)NCC(c1ccccc1)c1ccccc1)CC2.O=C(c1ccc2nc[nH]c2c1)N1CCc2ccccc2C1. The minimum Gasteiger partial charge on any atom is -0.496 e. The third-order valence-electron chi connectivity index (χ3n) is 17.0. The summed E-state index contributed by atoms with van der Waals surface area (Å²) in [5, 5.41) is 3.17. The van der Waals surface area contributed by atoms with Crippen LogP contribution in [0.2, 0.25) is 0 Å². The number of aromatic nitrogens is 2. The lowest BCUT2D eigenvalue weighted by Crippen LogP contribution is -2.52. The van der Waals surface area contributed by atoms with Gasteiger partial charge in [0.1, 0.15) is 11.5 Å². The van der Waals surface area contributed by atoms with E-state index >= 15 is 0 Å². The fourth-order valence-electron chi connectivity index (χ4n) is 12.5. The van der Waals surface area contributed by atoms with Gasteiger partial charge in [-0.3, -0.25) is 29.1 Å². The number of nitrogens with zero attached hydrogens (tertiary/aromatic N) is 6. The van der Waals surface area contributed by atoms with Gasteiger partial charge in [0, 0.05) is 94.6 Å². The molecule has 3 amide bonds. The van der Waals surface area contributed by atoms with E-state index in [0.717, 1.165) is 101 Å². The van der Waals surface area contributed by atoms with Gasteiger partial charge in [-0.25, -0.2) is 4.98 Å². The van der Waals surface area contributed by atoms with E-state index in [4.69, 9.17) is 9.47 Å². The molecule has 4 aliphatic heterocycles. The number of amides is 3. The Labute approximate surface area is 499 Å². The highest BCUT2D eigenvalue weighted by atomic mass is 16.5. The van der Waals surface area contributed by atoms with E-state index in [9.17, 15) is 14.4 Å². The van der Waals surface area contributed by atoms with Crippen LogP contribution < -0.4 is 14.8 Å². The van der Waals surface area contributed by atoms with Gasteiger partial charge >= 0.3 is 0 Å². The highest BCUT2D eigenvalue weighted by Crippen LogP contribution is 2.32. The maximum Gasteiger partial charge on any atom is 0.254 e. The fourth-order valence-corrected chi connectivity index (χ4v) is 12.5. The Kier molecular flexibility index (Phi) is 19.2. The predicted octanol–water partition coefficient (Wildman–Crippen LogP) is 10.8. The molecule has 0 atom stereocenters. The Hall–Kier alpha value is -8.88. The molecule has 2 N–H and O–H groups in total. The number of methoxy groups -OCH3 is 2. The van der Waals surface area contributed by atoms with Crippen LogP contribution in [0.5, 0.6) is 11.5 Å². The average molecular weight is 1130 g/mol. The maximum absolute atomic E-state index is 13.2. The van der Waals surface area contributed by atoms with Crippen molar-refractivity contribution in [2.45, 2.75) is 50.9 Å². The van der Waals surface area contributed by atoms with Crippen LogP contribution in [0.1, 0.15) is 78.0 Å². The Morgan fingerprint density at radius 2 is 1.01 bits per heavy atom. The molecular weight excluding hydrogens is 1060 g/mol. The Bertz CT molecular complexity index is 3540. The van der Waals surface area contributed by atoms with Gasteiger partial charge in [-0.1, -0.05) is 170 Å². The third kappa shape index (κ3) is 14.4. The zero-order chi connectivity index (χ0) is 58.3. The monoisotopic (exact) mass is 1130 g/mol. The van der Waals surface area contributed by atoms with Crippen LogP contribution >= 0.6 is 0 Å². The van der Waals surface area contributed by atoms with Crippen molar-refractivity contribution in [2.24, 2.45) is 0 Å². The molecule has 13 rings (SSSR count). The first-order valence-electron chi connectivity index (χ1n) is 29.8. The van der Waals surface area contributed by atoms with Crippen LogP contribution in [0.15, 0.2) is 207 Å². The smallest absolute Gasteiger partial charge is 0.254 e. The van der Waals surface area contributed by atoms with Crippen molar-refractivity contribution in [3.63, 3.8) is 0 Å². The van der Waals surface area contributed by atoms with E-state index in [0.29, 0.717) is 31.7 Å². The molecule has 0 radical (unpaired) electrons. The molecule has 1 fully saturated rings. The van der Waals surface area contributed by atoms with E-state index in [1.54, 1.807) is 20.5 Å². The Morgan fingerprint density at radius 3 is 1.58 bits per heavy atom. The number of benzene rings is 8. The van der Waals surface area contributed by atoms with Crippen molar-refractivity contribution in [2.75, 3.05) is 79.7 Å². The maximum atomic E-state index is 13.2. The Balaban J connectivity index is 0.000000136. The van der Waals surface area contributed by atoms with Crippen LogP contribution in [0.3, 0.4) is 0 Å². The molecule has 434 valence electrons. The molecule has 1 aromatic heterocycles. The van der Waals surface area contributed by atoms with Crippen LogP contribution in [0.25, 0.3) is 11.0 Å². The van der Waals surface area contributed by atoms with Crippen molar-refractivity contribution < 1.29 is 23.9 Å². The molecule has 9 aromatic rings. The lowest BCUT2D eigenvalue weighted by Gasteiger charge is -2.40. The number of H-pyrrole nitrogens is 1. The molecule has 5 heterocycles. The van der Waals surface area contributed by atoms with Crippen molar-refractivity contribution in [3.05, 3.63) is 268 Å². The van der Waals surface area contributed by atoms with Crippen molar-refractivity contribution in [1.29, 1.82) is 0 Å². The summed E-state index contributed by atoms with van der Waals surface area (Å²) >= 11 is 0. The molecular formula is C72H76N8O5. The number of fused-ring (bicyclic) bond motifs is 4. The zero-order valence-corrected chi connectivity index (χ0v) is 48.8. The zero-order valence-electron chi connectivity index (χ0n) is 48.8.